The summed E-state index contributed by atoms with van der Waals surface area (Å²) in [6.45, 7) is 0. The van der Waals surface area contributed by atoms with Gasteiger partial charge in [-0.3, -0.25) is 4.79 Å². The van der Waals surface area contributed by atoms with Gasteiger partial charge in [-0.2, -0.15) is 16.5 Å². The van der Waals surface area contributed by atoms with E-state index in [0.717, 1.165) is 0 Å². The van der Waals surface area contributed by atoms with Crippen LogP contribution in [0.1, 0.15) is 6.42 Å². The minimum Gasteiger partial charge on any atom is -0.480 e. The fraction of sp³-hybridized carbons (Fsp3) is 0.333. The number of H-pyrrole nitrogens is 1. The second-order valence-corrected chi connectivity index (χ2v) is 7.01. The van der Waals surface area contributed by atoms with Gasteiger partial charge >= 0.3 is 5.97 Å². The average Bonchev–Trinajstić information content (AvgIpc) is 2.87. The number of sulfonamides is 1. The van der Waals surface area contributed by atoms with E-state index in [1.807, 2.05) is 6.26 Å². The first-order valence-corrected chi connectivity index (χ1v) is 8.99. The van der Waals surface area contributed by atoms with Gasteiger partial charge in [0.1, 0.15) is 16.6 Å². The highest BCUT2D eigenvalue weighted by atomic mass is 32.2. The van der Waals surface area contributed by atoms with E-state index in [1.165, 1.54) is 18.0 Å². The van der Waals surface area contributed by atoms with Crippen molar-refractivity contribution in [1.82, 2.24) is 14.7 Å². The van der Waals surface area contributed by atoms with Crippen molar-refractivity contribution in [3.63, 3.8) is 0 Å². The third-order valence-corrected chi connectivity index (χ3v) is 5.06. The minimum atomic E-state index is -3.93. The van der Waals surface area contributed by atoms with Crippen LogP contribution in [0.25, 0.3) is 11.0 Å². The summed E-state index contributed by atoms with van der Waals surface area (Å²) in [6, 6.07) is 2.09. The molecule has 0 unspecified atom stereocenters. The summed E-state index contributed by atoms with van der Waals surface area (Å²) < 4.78 is 26.9. The lowest BCUT2D eigenvalue weighted by molar-refractivity contribution is -0.139. The number of nitrogens with zero attached hydrogens (tertiary/aromatic N) is 1. The van der Waals surface area contributed by atoms with Gasteiger partial charge in [0.2, 0.25) is 10.0 Å². The number of thioether (sulfide) groups is 1. The van der Waals surface area contributed by atoms with Gasteiger partial charge < -0.3 is 10.1 Å². The number of hydrogen-bond donors (Lipinski definition) is 3. The van der Waals surface area contributed by atoms with E-state index < -0.39 is 22.0 Å². The van der Waals surface area contributed by atoms with Crippen molar-refractivity contribution in [2.45, 2.75) is 17.4 Å². The Morgan fingerprint density at radius 2 is 2.33 bits per heavy atom. The van der Waals surface area contributed by atoms with E-state index in [1.54, 1.807) is 18.3 Å². The molecule has 2 heterocycles. The van der Waals surface area contributed by atoms with Crippen LogP contribution < -0.4 is 4.72 Å². The van der Waals surface area contributed by atoms with Crippen molar-refractivity contribution in [2.75, 3.05) is 12.0 Å². The number of carboxylic acids is 1. The van der Waals surface area contributed by atoms with Gasteiger partial charge in [0.05, 0.1) is 0 Å². The molecule has 3 N–H and O–H groups in total. The van der Waals surface area contributed by atoms with Gasteiger partial charge in [-0.05, 0) is 30.6 Å². The maximum absolute atomic E-state index is 12.4. The summed E-state index contributed by atoms with van der Waals surface area (Å²) in [5.41, 5.74) is 0.439. The Bertz CT molecular complexity index is 742. The smallest absolute Gasteiger partial charge is 0.321 e. The molecule has 0 bridgehead atoms. The Labute approximate surface area is 126 Å². The Morgan fingerprint density at radius 3 is 3.00 bits per heavy atom. The van der Waals surface area contributed by atoms with E-state index in [2.05, 4.69) is 14.7 Å². The summed E-state index contributed by atoms with van der Waals surface area (Å²) >= 11 is 1.46. The van der Waals surface area contributed by atoms with E-state index >= 15 is 0 Å². The quantitative estimate of drug-likeness (QED) is 0.700. The molecule has 0 radical (unpaired) electrons. The molecule has 0 spiro atoms. The predicted molar refractivity (Wildman–Crippen MR) is 80.8 cm³/mol. The number of pyridine rings is 1. The zero-order valence-corrected chi connectivity index (χ0v) is 12.9. The highest BCUT2D eigenvalue weighted by Gasteiger charge is 2.27. The fourth-order valence-electron chi connectivity index (χ4n) is 1.87. The third-order valence-electron chi connectivity index (χ3n) is 2.91. The molecular formula is C12H15N3O4S2. The number of nitrogens with one attached hydrogen (secondary N) is 2. The standard InChI is InChI=1S/C12H15N3O4S2/c1-20-6-4-9(12(16)17)15-21(18,19)10-7-14-11-8(10)3-2-5-13-11/h2-3,5,7,9,15H,4,6H2,1H3,(H,13,14)(H,16,17)/t9-/m1/s1. The lowest BCUT2D eigenvalue weighted by atomic mass is 10.2. The van der Waals surface area contributed by atoms with Crippen molar-refractivity contribution < 1.29 is 18.3 Å². The zero-order valence-electron chi connectivity index (χ0n) is 11.2. The lowest BCUT2D eigenvalue weighted by Gasteiger charge is -2.13. The van der Waals surface area contributed by atoms with E-state index in [4.69, 9.17) is 5.11 Å². The molecule has 0 fully saturated rings. The molecular weight excluding hydrogens is 314 g/mol. The summed E-state index contributed by atoms with van der Waals surface area (Å²) in [5, 5.41) is 9.55. The topological polar surface area (TPSA) is 112 Å². The third kappa shape index (κ3) is 3.55. The van der Waals surface area contributed by atoms with Crippen molar-refractivity contribution in [2.24, 2.45) is 0 Å². The monoisotopic (exact) mass is 329 g/mol. The van der Waals surface area contributed by atoms with Gasteiger partial charge in [-0.25, -0.2) is 13.4 Å². The number of hydrogen-bond acceptors (Lipinski definition) is 5. The Balaban J connectivity index is 2.30. The normalized spacial score (nSPS) is 13.4. The maximum atomic E-state index is 12.4. The molecule has 0 aliphatic rings. The van der Waals surface area contributed by atoms with Crippen LogP contribution >= 0.6 is 11.8 Å². The number of rotatable bonds is 7. The molecule has 2 aromatic heterocycles. The SMILES string of the molecule is CSCC[C@@H](NS(=O)(=O)c1c[nH]c2ncccc12)C(=O)O. The first kappa shape index (κ1) is 15.8. The lowest BCUT2D eigenvalue weighted by Crippen LogP contribution is -2.41. The van der Waals surface area contributed by atoms with Crippen molar-refractivity contribution in [3.05, 3.63) is 24.5 Å². The maximum Gasteiger partial charge on any atom is 0.321 e. The van der Waals surface area contributed by atoms with Crippen LogP contribution in [0.4, 0.5) is 0 Å². The Hall–Kier alpha value is -1.58. The predicted octanol–water partition coefficient (Wildman–Crippen LogP) is 1.05. The average molecular weight is 329 g/mol. The molecule has 0 aliphatic heterocycles. The molecule has 2 aromatic rings. The van der Waals surface area contributed by atoms with Gasteiger partial charge in [0, 0.05) is 17.8 Å². The van der Waals surface area contributed by atoms with Crippen molar-refractivity contribution in [1.29, 1.82) is 0 Å². The van der Waals surface area contributed by atoms with Gasteiger partial charge in [-0.15, -0.1) is 0 Å². The minimum absolute atomic E-state index is 0.000927. The molecule has 2 rings (SSSR count). The highest BCUT2D eigenvalue weighted by molar-refractivity contribution is 7.98. The van der Waals surface area contributed by atoms with Crippen LogP contribution in [-0.4, -0.2) is 47.5 Å². The number of carboxylic acid groups (broad SMARTS) is 1. The van der Waals surface area contributed by atoms with Crippen LogP contribution in [0.2, 0.25) is 0 Å². The Kier molecular flexibility index (Phi) is 4.86. The molecule has 7 nitrogen and oxygen atoms in total. The van der Waals surface area contributed by atoms with Crippen LogP contribution in [0, 0.1) is 0 Å². The van der Waals surface area contributed by atoms with Crippen LogP contribution in [-0.2, 0) is 14.8 Å². The number of aliphatic carboxylic acids is 1. The van der Waals surface area contributed by atoms with Gasteiger partial charge in [-0.1, -0.05) is 0 Å². The zero-order chi connectivity index (χ0) is 15.5. The molecule has 1 atom stereocenters. The molecule has 21 heavy (non-hydrogen) atoms. The summed E-state index contributed by atoms with van der Waals surface area (Å²) in [4.78, 5) is 17.9. The van der Waals surface area contributed by atoms with E-state index in [0.29, 0.717) is 16.8 Å². The Morgan fingerprint density at radius 1 is 1.57 bits per heavy atom. The summed E-state index contributed by atoms with van der Waals surface area (Å²) in [5.74, 6) is -0.639. The second kappa shape index (κ2) is 6.46. The molecule has 0 amide bonds. The van der Waals surface area contributed by atoms with Crippen molar-refractivity contribution in [3.8, 4) is 0 Å². The number of aromatic nitrogens is 2. The number of carbonyl (C=O) groups is 1. The van der Waals surface area contributed by atoms with E-state index in [9.17, 15) is 13.2 Å². The second-order valence-electron chi connectivity index (χ2n) is 4.35. The first-order chi connectivity index (χ1) is 9.95. The number of fused-ring (bicyclic) bond motifs is 1. The molecule has 0 aromatic carbocycles. The van der Waals surface area contributed by atoms with Crippen LogP contribution in [0.3, 0.4) is 0 Å². The van der Waals surface area contributed by atoms with Crippen LogP contribution in [0.15, 0.2) is 29.4 Å². The number of aromatic amines is 1. The summed E-state index contributed by atoms with van der Waals surface area (Å²) in [6.07, 6.45) is 4.91. The van der Waals surface area contributed by atoms with E-state index in [-0.39, 0.29) is 11.3 Å². The molecule has 0 saturated carbocycles. The summed E-state index contributed by atoms with van der Waals surface area (Å²) in [7, 11) is -3.93. The molecule has 0 aliphatic carbocycles. The van der Waals surface area contributed by atoms with Crippen LogP contribution in [0.5, 0.6) is 0 Å². The molecule has 0 saturated heterocycles. The first-order valence-electron chi connectivity index (χ1n) is 6.12. The molecule has 114 valence electrons. The van der Waals surface area contributed by atoms with Gasteiger partial charge in [0.15, 0.2) is 0 Å². The highest BCUT2D eigenvalue weighted by Crippen LogP contribution is 2.21. The fourth-order valence-corrected chi connectivity index (χ4v) is 3.73. The largest absolute Gasteiger partial charge is 0.480 e. The molecule has 9 heteroatoms. The van der Waals surface area contributed by atoms with Crippen molar-refractivity contribution >= 4 is 38.8 Å². The van der Waals surface area contributed by atoms with Gasteiger partial charge in [0.25, 0.3) is 0 Å².